The summed E-state index contributed by atoms with van der Waals surface area (Å²) in [4.78, 5) is 15.8. The van der Waals surface area contributed by atoms with Crippen LogP contribution < -0.4 is 0 Å². The Morgan fingerprint density at radius 3 is 2.83 bits per heavy atom. The third-order valence-corrected chi connectivity index (χ3v) is 2.78. The largest absolute Gasteiger partial charge is 0.469 e. The first kappa shape index (κ1) is 12.6. The molecule has 0 aliphatic heterocycles. The average molecular weight is 248 g/mol. The predicted octanol–water partition coefficient (Wildman–Crippen LogP) is 1.40. The summed E-state index contributed by atoms with van der Waals surface area (Å²) in [5.41, 5.74) is 1.89. The van der Waals surface area contributed by atoms with Crippen LogP contribution in [0.3, 0.4) is 0 Å². The van der Waals surface area contributed by atoms with Gasteiger partial charge < -0.3 is 14.0 Å². The molecule has 0 radical (unpaired) electrons. The smallest absolute Gasteiger partial charge is 0.313 e. The fourth-order valence-electron chi connectivity index (χ4n) is 1.89. The molecule has 1 heterocycles. The molecule has 2 rings (SSSR count). The molecule has 0 saturated heterocycles. The molecule has 0 aliphatic carbocycles. The van der Waals surface area contributed by atoms with Crippen LogP contribution in [0.25, 0.3) is 11.0 Å². The van der Waals surface area contributed by atoms with Crippen LogP contribution in [0.5, 0.6) is 0 Å². The first-order valence-corrected chi connectivity index (χ1v) is 5.76. The van der Waals surface area contributed by atoms with Crippen LogP contribution in [0, 0.1) is 0 Å². The molecule has 0 N–H and O–H groups in total. The number of methoxy groups -OCH3 is 2. The highest BCUT2D eigenvalue weighted by Crippen LogP contribution is 2.16. The summed E-state index contributed by atoms with van der Waals surface area (Å²) in [6, 6.07) is 7.80. The number of nitrogens with zero attached hydrogens (tertiary/aromatic N) is 2. The van der Waals surface area contributed by atoms with Crippen LogP contribution in [0.15, 0.2) is 24.3 Å². The topological polar surface area (TPSA) is 53.4 Å². The molecule has 1 aromatic heterocycles. The van der Waals surface area contributed by atoms with Gasteiger partial charge in [0.05, 0.1) is 24.8 Å². The molecular weight excluding hydrogens is 232 g/mol. The van der Waals surface area contributed by atoms with Crippen LogP contribution in [-0.4, -0.2) is 36.3 Å². The standard InChI is InChI=1S/C13H16N2O3/c1-17-8-7-15-11-6-4-3-5-10(11)14-12(15)9-13(16)18-2/h3-6H,7-9H2,1-2H3. The van der Waals surface area contributed by atoms with Gasteiger partial charge in [-0.3, -0.25) is 4.79 Å². The summed E-state index contributed by atoms with van der Waals surface area (Å²) in [5, 5.41) is 0. The first-order valence-electron chi connectivity index (χ1n) is 5.76. The number of carbonyl (C=O) groups is 1. The van der Waals surface area contributed by atoms with Crippen LogP contribution in [-0.2, 0) is 27.2 Å². The van der Waals surface area contributed by atoms with Crippen molar-refractivity contribution >= 4 is 17.0 Å². The second-order valence-corrected chi connectivity index (χ2v) is 3.91. The Labute approximate surface area is 105 Å². The Kier molecular flexibility index (Phi) is 3.94. The number of hydrogen-bond acceptors (Lipinski definition) is 4. The minimum Gasteiger partial charge on any atom is -0.469 e. The summed E-state index contributed by atoms with van der Waals surface area (Å²) in [7, 11) is 3.03. The van der Waals surface area contributed by atoms with Crippen LogP contribution >= 0.6 is 0 Å². The van der Waals surface area contributed by atoms with Crippen molar-refractivity contribution in [3.05, 3.63) is 30.1 Å². The van der Waals surface area contributed by atoms with E-state index in [1.54, 1.807) is 7.11 Å². The quantitative estimate of drug-likeness (QED) is 0.750. The van der Waals surface area contributed by atoms with E-state index in [0.29, 0.717) is 19.0 Å². The molecule has 2 aromatic rings. The summed E-state index contributed by atoms with van der Waals surface area (Å²) in [6.45, 7) is 1.25. The van der Waals surface area contributed by atoms with Gasteiger partial charge in [0, 0.05) is 13.7 Å². The van der Waals surface area contributed by atoms with Crippen molar-refractivity contribution in [2.24, 2.45) is 0 Å². The zero-order valence-corrected chi connectivity index (χ0v) is 10.5. The van der Waals surface area contributed by atoms with Crippen LogP contribution in [0.1, 0.15) is 5.82 Å². The minimum atomic E-state index is -0.288. The van der Waals surface area contributed by atoms with Crippen LogP contribution in [0.4, 0.5) is 0 Å². The lowest BCUT2D eigenvalue weighted by molar-refractivity contribution is -0.139. The molecule has 0 fully saturated rings. The SMILES string of the molecule is COCCn1c(CC(=O)OC)nc2ccccc21. The third-order valence-electron chi connectivity index (χ3n) is 2.78. The van der Waals surface area contributed by atoms with E-state index in [9.17, 15) is 4.79 Å². The van der Waals surface area contributed by atoms with Gasteiger partial charge in [-0.15, -0.1) is 0 Å². The zero-order chi connectivity index (χ0) is 13.0. The third kappa shape index (κ3) is 2.51. The van der Waals surface area contributed by atoms with Gasteiger partial charge in [0.1, 0.15) is 12.2 Å². The highest BCUT2D eigenvalue weighted by Gasteiger charge is 2.13. The molecule has 1 aromatic carbocycles. The van der Waals surface area contributed by atoms with E-state index in [2.05, 4.69) is 9.72 Å². The zero-order valence-electron chi connectivity index (χ0n) is 10.5. The van der Waals surface area contributed by atoms with Gasteiger partial charge in [-0.05, 0) is 12.1 Å². The van der Waals surface area contributed by atoms with Gasteiger partial charge in [0.15, 0.2) is 0 Å². The molecule has 0 saturated carbocycles. The van der Waals surface area contributed by atoms with Gasteiger partial charge in [-0.2, -0.15) is 0 Å². The number of fused-ring (bicyclic) bond motifs is 1. The Hall–Kier alpha value is -1.88. The van der Waals surface area contributed by atoms with Gasteiger partial charge in [-0.25, -0.2) is 4.98 Å². The van der Waals surface area contributed by atoms with E-state index in [1.807, 2.05) is 28.8 Å². The van der Waals surface area contributed by atoms with Crippen molar-refractivity contribution < 1.29 is 14.3 Å². The molecular formula is C13H16N2O3. The first-order chi connectivity index (χ1) is 8.76. The number of imidazole rings is 1. The average Bonchev–Trinajstić information content (AvgIpc) is 2.73. The fraction of sp³-hybridized carbons (Fsp3) is 0.385. The molecule has 0 bridgehead atoms. The molecule has 0 amide bonds. The highest BCUT2D eigenvalue weighted by molar-refractivity contribution is 5.78. The monoisotopic (exact) mass is 248 g/mol. The Morgan fingerprint density at radius 1 is 1.33 bits per heavy atom. The number of carbonyl (C=O) groups excluding carboxylic acids is 1. The van der Waals surface area contributed by atoms with Gasteiger partial charge in [0.2, 0.25) is 0 Å². The van der Waals surface area contributed by atoms with E-state index in [1.165, 1.54) is 7.11 Å². The molecule has 0 aliphatic rings. The molecule has 0 unspecified atom stereocenters. The second kappa shape index (κ2) is 5.64. The molecule has 5 nitrogen and oxygen atoms in total. The Bertz CT molecular complexity index is 548. The Balaban J connectivity index is 2.39. The summed E-state index contributed by atoms with van der Waals surface area (Å²) in [5.74, 6) is 0.420. The number of aromatic nitrogens is 2. The lowest BCUT2D eigenvalue weighted by atomic mass is 10.3. The number of ether oxygens (including phenoxy) is 2. The normalized spacial score (nSPS) is 10.8. The molecule has 0 atom stereocenters. The van der Waals surface area contributed by atoms with Crippen molar-refractivity contribution in [1.82, 2.24) is 9.55 Å². The molecule has 96 valence electrons. The van der Waals surface area contributed by atoms with E-state index in [-0.39, 0.29) is 12.4 Å². The van der Waals surface area contributed by atoms with E-state index in [0.717, 1.165) is 11.0 Å². The summed E-state index contributed by atoms with van der Waals surface area (Å²) < 4.78 is 11.8. The maximum atomic E-state index is 11.4. The molecule has 5 heteroatoms. The fourth-order valence-corrected chi connectivity index (χ4v) is 1.89. The lowest BCUT2D eigenvalue weighted by Gasteiger charge is -2.07. The number of rotatable bonds is 5. The second-order valence-electron chi connectivity index (χ2n) is 3.91. The summed E-state index contributed by atoms with van der Waals surface area (Å²) >= 11 is 0. The highest BCUT2D eigenvalue weighted by atomic mass is 16.5. The maximum Gasteiger partial charge on any atom is 0.313 e. The Morgan fingerprint density at radius 2 is 2.11 bits per heavy atom. The van der Waals surface area contributed by atoms with E-state index >= 15 is 0 Å². The minimum absolute atomic E-state index is 0.175. The molecule has 18 heavy (non-hydrogen) atoms. The summed E-state index contributed by atoms with van der Waals surface area (Å²) in [6.07, 6.45) is 0.175. The van der Waals surface area contributed by atoms with Crippen molar-refractivity contribution in [3.8, 4) is 0 Å². The van der Waals surface area contributed by atoms with Gasteiger partial charge >= 0.3 is 5.97 Å². The van der Waals surface area contributed by atoms with Crippen molar-refractivity contribution in [3.63, 3.8) is 0 Å². The maximum absolute atomic E-state index is 11.4. The molecule has 0 spiro atoms. The van der Waals surface area contributed by atoms with Crippen molar-refractivity contribution in [2.45, 2.75) is 13.0 Å². The van der Waals surface area contributed by atoms with Crippen molar-refractivity contribution in [2.75, 3.05) is 20.8 Å². The van der Waals surface area contributed by atoms with E-state index in [4.69, 9.17) is 4.74 Å². The lowest BCUT2D eigenvalue weighted by Crippen LogP contribution is -2.13. The number of benzene rings is 1. The number of esters is 1. The van der Waals surface area contributed by atoms with Crippen LogP contribution in [0.2, 0.25) is 0 Å². The number of hydrogen-bond donors (Lipinski definition) is 0. The van der Waals surface area contributed by atoms with E-state index < -0.39 is 0 Å². The number of para-hydroxylation sites is 2. The van der Waals surface area contributed by atoms with Crippen molar-refractivity contribution in [1.29, 1.82) is 0 Å². The predicted molar refractivity (Wildman–Crippen MR) is 67.3 cm³/mol. The van der Waals surface area contributed by atoms with Gasteiger partial charge in [0.25, 0.3) is 0 Å². The van der Waals surface area contributed by atoms with Gasteiger partial charge in [-0.1, -0.05) is 12.1 Å².